The maximum absolute atomic E-state index is 12.8. The largest absolute Gasteiger partial charge is 0.467 e. The molecule has 0 aromatic carbocycles. The van der Waals surface area contributed by atoms with Gasteiger partial charge in [0.15, 0.2) is 6.04 Å². The second kappa shape index (κ2) is 8.36. The predicted molar refractivity (Wildman–Crippen MR) is 94.8 cm³/mol. The molecule has 2 unspecified atom stereocenters. The Balaban J connectivity index is 3.38. The molecule has 0 saturated carbocycles. The fourth-order valence-electron chi connectivity index (χ4n) is 2.14. The Bertz CT molecular complexity index is 632. The fourth-order valence-corrected chi connectivity index (χ4v) is 2.14. The molecular weight excluding hydrogens is 356 g/mol. The van der Waals surface area contributed by atoms with E-state index in [1.54, 1.807) is 48.5 Å². The number of rotatable bonds is 4. The molecule has 0 fully saturated rings. The second-order valence-electron chi connectivity index (χ2n) is 7.91. The van der Waals surface area contributed by atoms with Crippen molar-refractivity contribution in [3.8, 4) is 0 Å². The molecule has 0 aliphatic heterocycles. The predicted octanol–water partition coefficient (Wildman–Crippen LogP) is 2.55. The minimum absolute atomic E-state index is 0.620. The van der Waals surface area contributed by atoms with Crippen LogP contribution in [0.3, 0.4) is 0 Å². The number of esters is 1. The van der Waals surface area contributed by atoms with Crippen molar-refractivity contribution < 1.29 is 28.6 Å². The van der Waals surface area contributed by atoms with Gasteiger partial charge in [0, 0.05) is 0 Å². The molecule has 10 nitrogen and oxygen atoms in total. The standard InChI is InChI=1S/C17H28N4O6/c1-11(20-10-18-9-19-20)12(13(22)25-8)21(14(23)26-16(2,3)4)15(24)27-17(5,6)7/h9-12H,1-8H3. The van der Waals surface area contributed by atoms with Crippen molar-refractivity contribution in [2.24, 2.45) is 0 Å². The highest BCUT2D eigenvalue weighted by molar-refractivity contribution is 5.94. The normalized spacial score (nSPS) is 14.1. The van der Waals surface area contributed by atoms with Crippen molar-refractivity contribution in [2.45, 2.75) is 71.8 Å². The monoisotopic (exact) mass is 384 g/mol. The van der Waals surface area contributed by atoms with Crippen LogP contribution >= 0.6 is 0 Å². The third-order valence-corrected chi connectivity index (χ3v) is 3.21. The van der Waals surface area contributed by atoms with E-state index in [-0.39, 0.29) is 0 Å². The van der Waals surface area contributed by atoms with Gasteiger partial charge in [-0.2, -0.15) is 10.00 Å². The van der Waals surface area contributed by atoms with Crippen LogP contribution in [0.1, 0.15) is 54.5 Å². The molecule has 2 atom stereocenters. The molecule has 0 spiro atoms. The van der Waals surface area contributed by atoms with E-state index in [4.69, 9.17) is 14.2 Å². The lowest BCUT2D eigenvalue weighted by Gasteiger charge is -2.34. The Kier molecular flexibility index (Phi) is 6.93. The van der Waals surface area contributed by atoms with Crippen molar-refractivity contribution in [2.75, 3.05) is 7.11 Å². The quantitative estimate of drug-likeness (QED) is 0.575. The minimum Gasteiger partial charge on any atom is -0.467 e. The van der Waals surface area contributed by atoms with Gasteiger partial charge in [-0.1, -0.05) is 0 Å². The molecule has 0 aliphatic carbocycles. The van der Waals surface area contributed by atoms with Gasteiger partial charge in [0.2, 0.25) is 0 Å². The number of imide groups is 1. The molecule has 1 rings (SSSR count). The van der Waals surface area contributed by atoms with Crippen LogP contribution in [0.5, 0.6) is 0 Å². The van der Waals surface area contributed by atoms with E-state index in [0.29, 0.717) is 4.90 Å². The summed E-state index contributed by atoms with van der Waals surface area (Å²) in [5, 5.41) is 3.97. The van der Waals surface area contributed by atoms with Gasteiger partial charge >= 0.3 is 18.2 Å². The first-order valence-electron chi connectivity index (χ1n) is 8.44. The summed E-state index contributed by atoms with van der Waals surface area (Å²) in [5.41, 5.74) is -1.79. The number of hydrogen-bond acceptors (Lipinski definition) is 8. The van der Waals surface area contributed by atoms with Gasteiger partial charge < -0.3 is 14.2 Å². The molecule has 10 heteroatoms. The van der Waals surface area contributed by atoms with Crippen molar-refractivity contribution in [1.29, 1.82) is 0 Å². The molecular formula is C17H28N4O6. The zero-order valence-corrected chi connectivity index (χ0v) is 17.0. The molecule has 0 aliphatic rings. The summed E-state index contributed by atoms with van der Waals surface area (Å²) >= 11 is 0. The van der Waals surface area contributed by atoms with Gasteiger partial charge in [-0.05, 0) is 48.5 Å². The summed E-state index contributed by atoms with van der Waals surface area (Å²) < 4.78 is 16.8. The Morgan fingerprint density at radius 1 is 1.00 bits per heavy atom. The van der Waals surface area contributed by atoms with Gasteiger partial charge in [0.25, 0.3) is 0 Å². The Morgan fingerprint density at radius 2 is 1.48 bits per heavy atom. The third kappa shape index (κ3) is 6.54. The van der Waals surface area contributed by atoms with Gasteiger partial charge in [-0.3, -0.25) is 0 Å². The van der Waals surface area contributed by atoms with Crippen LogP contribution in [-0.4, -0.2) is 62.2 Å². The van der Waals surface area contributed by atoms with Crippen molar-refractivity contribution >= 4 is 18.2 Å². The molecule has 2 amide bonds. The van der Waals surface area contributed by atoms with Crippen LogP contribution in [0.2, 0.25) is 0 Å². The number of carbonyl (C=O) groups is 3. The average molecular weight is 384 g/mol. The second-order valence-corrected chi connectivity index (χ2v) is 7.91. The molecule has 0 bridgehead atoms. The summed E-state index contributed by atoms with van der Waals surface area (Å²) in [7, 11) is 1.16. The van der Waals surface area contributed by atoms with Crippen molar-refractivity contribution in [3.05, 3.63) is 12.7 Å². The number of amides is 2. The first kappa shape index (κ1) is 22.4. The zero-order valence-electron chi connectivity index (χ0n) is 17.0. The SMILES string of the molecule is COC(=O)C(C(C)n1cncn1)N(C(=O)OC(C)(C)C)C(=O)OC(C)(C)C. The van der Waals surface area contributed by atoms with E-state index in [1.165, 1.54) is 17.3 Å². The number of hydrogen-bond donors (Lipinski definition) is 0. The summed E-state index contributed by atoms with van der Waals surface area (Å²) in [6.07, 6.45) is 0.581. The van der Waals surface area contributed by atoms with E-state index >= 15 is 0 Å². The molecule has 1 aromatic rings. The van der Waals surface area contributed by atoms with E-state index in [0.717, 1.165) is 7.11 Å². The first-order valence-corrected chi connectivity index (χ1v) is 8.44. The molecule has 0 radical (unpaired) electrons. The van der Waals surface area contributed by atoms with Gasteiger partial charge in [-0.25, -0.2) is 24.0 Å². The Morgan fingerprint density at radius 3 is 1.81 bits per heavy atom. The van der Waals surface area contributed by atoms with E-state index < -0.39 is 41.4 Å². The smallest absolute Gasteiger partial charge is 0.420 e. The van der Waals surface area contributed by atoms with Crippen LogP contribution in [0, 0.1) is 0 Å². The van der Waals surface area contributed by atoms with Crippen LogP contribution < -0.4 is 0 Å². The summed E-state index contributed by atoms with van der Waals surface area (Å²) in [6.45, 7) is 11.5. The first-order chi connectivity index (χ1) is 12.3. The molecule has 1 heterocycles. The van der Waals surface area contributed by atoms with Crippen LogP contribution in [0.25, 0.3) is 0 Å². The van der Waals surface area contributed by atoms with Crippen LogP contribution in [-0.2, 0) is 19.0 Å². The summed E-state index contributed by atoms with van der Waals surface area (Å²) in [6, 6.07) is -2.15. The highest BCUT2D eigenvalue weighted by Gasteiger charge is 2.44. The number of methoxy groups -OCH3 is 1. The van der Waals surface area contributed by atoms with E-state index in [9.17, 15) is 14.4 Å². The van der Waals surface area contributed by atoms with Crippen LogP contribution in [0.15, 0.2) is 12.7 Å². The number of aromatic nitrogens is 3. The molecule has 0 N–H and O–H groups in total. The summed E-state index contributed by atoms with van der Waals surface area (Å²) in [4.78, 5) is 42.5. The third-order valence-electron chi connectivity index (χ3n) is 3.21. The van der Waals surface area contributed by atoms with Gasteiger partial charge in [0.1, 0.15) is 23.9 Å². The zero-order chi connectivity index (χ0) is 21.0. The number of nitrogens with zero attached hydrogens (tertiary/aromatic N) is 4. The maximum atomic E-state index is 12.8. The molecule has 0 saturated heterocycles. The summed E-state index contributed by atoms with van der Waals surface area (Å²) in [5.74, 6) is -0.824. The average Bonchev–Trinajstić information content (AvgIpc) is 3.01. The number of carbonyl (C=O) groups excluding carboxylic acids is 3. The maximum Gasteiger partial charge on any atom is 0.420 e. The molecule has 1 aromatic heterocycles. The van der Waals surface area contributed by atoms with Crippen molar-refractivity contribution in [3.63, 3.8) is 0 Å². The van der Waals surface area contributed by atoms with Gasteiger partial charge in [-0.15, -0.1) is 0 Å². The van der Waals surface area contributed by atoms with Crippen molar-refractivity contribution in [1.82, 2.24) is 19.7 Å². The van der Waals surface area contributed by atoms with E-state index in [2.05, 4.69) is 10.1 Å². The highest BCUT2D eigenvalue weighted by Crippen LogP contribution is 2.23. The van der Waals surface area contributed by atoms with Gasteiger partial charge in [0.05, 0.1) is 13.2 Å². The number of ether oxygens (including phenoxy) is 3. The molecule has 27 heavy (non-hydrogen) atoms. The minimum atomic E-state index is -1.37. The Labute approximate surface area is 158 Å². The Hall–Kier alpha value is -2.65. The lowest BCUT2D eigenvalue weighted by Crippen LogP contribution is -2.55. The topological polar surface area (TPSA) is 113 Å². The lowest BCUT2D eigenvalue weighted by atomic mass is 10.1. The lowest BCUT2D eigenvalue weighted by molar-refractivity contribution is -0.148. The van der Waals surface area contributed by atoms with E-state index in [1.807, 2.05) is 0 Å². The molecule has 152 valence electrons. The highest BCUT2D eigenvalue weighted by atomic mass is 16.6. The van der Waals surface area contributed by atoms with Crippen LogP contribution in [0.4, 0.5) is 9.59 Å². The fraction of sp³-hybridized carbons (Fsp3) is 0.706.